The predicted molar refractivity (Wildman–Crippen MR) is 157 cm³/mol. The Morgan fingerprint density at radius 2 is 1.10 bits per heavy atom. The highest BCUT2D eigenvalue weighted by Crippen LogP contribution is 2.30. The monoisotopic (exact) mass is 564 g/mol. The van der Waals surface area contributed by atoms with E-state index in [2.05, 4.69) is 13.8 Å². The van der Waals surface area contributed by atoms with Crippen LogP contribution in [0.15, 0.2) is 66.7 Å². The number of carbonyl (C=O) groups excluding carboxylic acids is 3. The van der Waals surface area contributed by atoms with Crippen LogP contribution < -0.4 is 18.9 Å². The highest BCUT2D eigenvalue weighted by atomic mass is 16.5. The molecule has 0 unspecified atom stereocenters. The summed E-state index contributed by atoms with van der Waals surface area (Å²) in [5.41, 5.74) is 0.445. The van der Waals surface area contributed by atoms with Gasteiger partial charge in [-0.15, -0.1) is 0 Å². The summed E-state index contributed by atoms with van der Waals surface area (Å²) < 4.78 is 28.3. The summed E-state index contributed by atoms with van der Waals surface area (Å²) in [5.74, 6) is 1.35. The van der Waals surface area contributed by atoms with Gasteiger partial charge in [-0.25, -0.2) is 9.59 Å². The number of rotatable bonds is 16. The predicted octanol–water partition coefficient (Wildman–Crippen LogP) is 7.83. The van der Waals surface area contributed by atoms with Crippen molar-refractivity contribution in [3.63, 3.8) is 0 Å². The maximum absolute atomic E-state index is 12.9. The largest absolute Gasteiger partial charge is 0.494 e. The average molecular weight is 565 g/mol. The van der Waals surface area contributed by atoms with Gasteiger partial charge in [0.25, 0.3) is 0 Å². The lowest BCUT2D eigenvalue weighted by Gasteiger charge is -2.13. The molecule has 0 aliphatic carbocycles. The van der Waals surface area contributed by atoms with E-state index in [0.29, 0.717) is 36.0 Å². The minimum Gasteiger partial charge on any atom is -0.494 e. The number of carbonyl (C=O) groups is 3. The zero-order valence-corrected chi connectivity index (χ0v) is 24.2. The normalized spacial score (nSPS) is 10.1. The third kappa shape index (κ3) is 11.4. The summed E-state index contributed by atoms with van der Waals surface area (Å²) in [6, 6.07) is 18.7. The van der Waals surface area contributed by atoms with Crippen molar-refractivity contribution in [2.75, 3.05) is 19.8 Å². The molecule has 0 spiro atoms. The summed E-state index contributed by atoms with van der Waals surface area (Å²) in [6.07, 6.45) is 5.67. The molecule has 0 aliphatic rings. The van der Waals surface area contributed by atoms with Gasteiger partial charge in [0, 0.05) is 0 Å². The first-order valence-corrected chi connectivity index (χ1v) is 14.0. The number of ether oxygens (including phenoxy) is 5. The fraction of sp³-hybridized carbons (Fsp3) is 0.364. The molecular weight excluding hydrogens is 524 g/mol. The molecule has 8 heteroatoms. The third-order valence-corrected chi connectivity index (χ3v) is 5.79. The first-order chi connectivity index (χ1) is 20.0. The van der Waals surface area contributed by atoms with E-state index >= 15 is 0 Å². The number of benzene rings is 3. The smallest absolute Gasteiger partial charge is 0.343 e. The van der Waals surface area contributed by atoms with E-state index in [4.69, 9.17) is 28.5 Å². The molecule has 0 amide bonds. The number of hydrogen-bond donors (Lipinski definition) is 0. The van der Waals surface area contributed by atoms with Crippen LogP contribution in [0.4, 0.5) is 0 Å². The minimum atomic E-state index is -0.593. The van der Waals surface area contributed by atoms with Crippen LogP contribution in [0, 0.1) is 0 Å². The molecule has 3 rings (SSSR count). The van der Waals surface area contributed by atoms with Crippen molar-refractivity contribution in [3.8, 4) is 28.7 Å². The van der Waals surface area contributed by atoms with Gasteiger partial charge in [0.15, 0.2) is 0 Å². The molecule has 0 fully saturated rings. The molecule has 0 saturated heterocycles. The van der Waals surface area contributed by atoms with Gasteiger partial charge in [-0.05, 0) is 86.0 Å². The van der Waals surface area contributed by atoms with Gasteiger partial charge in [-0.2, -0.15) is 0 Å². The first kappa shape index (κ1) is 32.9. The zero-order valence-electron chi connectivity index (χ0n) is 24.2. The van der Waals surface area contributed by atoms with Crippen LogP contribution in [0.5, 0.6) is 28.7 Å². The van der Waals surface area contributed by atoms with Gasteiger partial charge < -0.3 is 28.5 Å². The van der Waals surface area contributed by atoms with Gasteiger partial charge in [-0.3, -0.25) is 0 Å². The minimum absolute atomic E-state index is 0.0943. The topological polar surface area (TPSA) is 97.4 Å². The van der Waals surface area contributed by atoms with Crippen molar-refractivity contribution < 1.29 is 38.1 Å². The van der Waals surface area contributed by atoms with Crippen molar-refractivity contribution in [1.82, 2.24) is 0 Å². The van der Waals surface area contributed by atoms with Crippen molar-refractivity contribution >= 4 is 18.7 Å². The van der Waals surface area contributed by atoms with Crippen LogP contribution in [0.25, 0.3) is 0 Å². The summed E-state index contributed by atoms with van der Waals surface area (Å²) in [7, 11) is 0. The van der Waals surface area contributed by atoms with Crippen LogP contribution in [-0.4, -0.2) is 38.5 Å². The molecule has 3 aromatic carbocycles. The number of unbranched alkanes of at least 4 members (excludes halogenated alkanes) is 3. The second-order valence-corrected chi connectivity index (χ2v) is 9.04. The van der Waals surface area contributed by atoms with Gasteiger partial charge in [-0.1, -0.05) is 40.0 Å². The van der Waals surface area contributed by atoms with Crippen LogP contribution >= 0.6 is 0 Å². The molecule has 0 N–H and O–H groups in total. The van der Waals surface area contributed by atoms with Crippen molar-refractivity contribution in [1.29, 1.82) is 0 Å². The molecule has 0 aliphatic heterocycles. The Labute approximate surface area is 242 Å². The lowest BCUT2D eigenvalue weighted by Crippen LogP contribution is -2.13. The molecule has 220 valence electrons. The molecule has 8 nitrogen and oxygen atoms in total. The highest BCUT2D eigenvalue weighted by Gasteiger charge is 2.19. The second-order valence-electron chi connectivity index (χ2n) is 9.04. The summed E-state index contributed by atoms with van der Waals surface area (Å²) in [6.45, 7) is 9.77. The Kier molecular flexibility index (Phi) is 15.1. The van der Waals surface area contributed by atoms with Crippen LogP contribution in [-0.2, 0) is 9.53 Å². The van der Waals surface area contributed by atoms with E-state index in [9.17, 15) is 9.59 Å². The lowest BCUT2D eigenvalue weighted by atomic mass is 10.1. The van der Waals surface area contributed by atoms with E-state index in [-0.39, 0.29) is 17.9 Å². The summed E-state index contributed by atoms with van der Waals surface area (Å²) in [4.78, 5) is 33.8. The molecule has 0 radical (unpaired) electrons. The van der Waals surface area contributed by atoms with Crippen molar-refractivity contribution in [2.45, 2.75) is 59.3 Å². The van der Waals surface area contributed by atoms with Gasteiger partial charge in [0.05, 0.1) is 25.4 Å². The Morgan fingerprint density at radius 1 is 0.610 bits per heavy atom. The highest BCUT2D eigenvalue weighted by molar-refractivity contribution is 5.96. The molecule has 41 heavy (non-hydrogen) atoms. The number of hydrogen-bond acceptors (Lipinski definition) is 8. The SMILES string of the molecule is C=O.CCCCOC(=O)c1cc(Oc2ccc(OCCCC)cc2)ccc1OC(=O)c1ccc(OCCCC)cc1. The van der Waals surface area contributed by atoms with Gasteiger partial charge >= 0.3 is 11.9 Å². The van der Waals surface area contributed by atoms with Crippen molar-refractivity contribution in [2.24, 2.45) is 0 Å². The van der Waals surface area contributed by atoms with E-state index in [1.54, 1.807) is 42.5 Å². The molecule has 0 atom stereocenters. The first-order valence-electron chi connectivity index (χ1n) is 14.0. The molecule has 0 bridgehead atoms. The van der Waals surface area contributed by atoms with Crippen LogP contribution in [0.1, 0.15) is 80.0 Å². The molecule has 3 aromatic rings. The van der Waals surface area contributed by atoms with Crippen LogP contribution in [0.3, 0.4) is 0 Å². The zero-order chi connectivity index (χ0) is 29.9. The van der Waals surface area contributed by atoms with E-state index < -0.39 is 11.9 Å². The van der Waals surface area contributed by atoms with E-state index in [1.807, 2.05) is 25.8 Å². The fourth-order valence-corrected chi connectivity index (χ4v) is 3.46. The Bertz CT molecular complexity index is 1190. The van der Waals surface area contributed by atoms with E-state index in [1.165, 1.54) is 12.1 Å². The molecule has 0 aromatic heterocycles. The van der Waals surface area contributed by atoms with Crippen molar-refractivity contribution in [3.05, 3.63) is 77.9 Å². The summed E-state index contributed by atoms with van der Waals surface area (Å²) in [5, 5.41) is 0. The van der Waals surface area contributed by atoms with Gasteiger partial charge in [0.2, 0.25) is 0 Å². The lowest BCUT2D eigenvalue weighted by molar-refractivity contribution is -0.0980. The Morgan fingerprint density at radius 3 is 1.66 bits per heavy atom. The number of esters is 2. The third-order valence-electron chi connectivity index (χ3n) is 5.79. The van der Waals surface area contributed by atoms with E-state index in [0.717, 1.165) is 44.3 Å². The Hall–Kier alpha value is -4.33. The quantitative estimate of drug-likeness (QED) is 0.0986. The maximum Gasteiger partial charge on any atom is 0.343 e. The molecule has 0 saturated carbocycles. The van der Waals surface area contributed by atoms with Crippen LogP contribution in [0.2, 0.25) is 0 Å². The van der Waals surface area contributed by atoms with Gasteiger partial charge in [0.1, 0.15) is 41.1 Å². The standard InChI is InChI=1S/C32H38O7.CH2O/c1-4-7-20-35-25-12-10-24(11-13-25)31(33)39-30-19-18-28(23-29(30)32(34)37-22-9-6-3)38-27-16-14-26(15-17-27)36-21-8-5-2;1-2/h10-19,23H,4-9,20-22H2,1-3H3;1H2. The summed E-state index contributed by atoms with van der Waals surface area (Å²) >= 11 is 0. The second kappa shape index (κ2) is 18.9. The fourth-order valence-electron chi connectivity index (χ4n) is 3.46. The average Bonchev–Trinajstić information content (AvgIpc) is 3.00. The molecule has 0 heterocycles. The maximum atomic E-state index is 12.9. The molecular formula is C33H40O8. The Balaban J connectivity index is 0.00000287.